The summed E-state index contributed by atoms with van der Waals surface area (Å²) >= 11 is 0. The Morgan fingerprint density at radius 3 is 2.87 bits per heavy atom. The van der Waals surface area contributed by atoms with E-state index in [4.69, 9.17) is 9.26 Å². The van der Waals surface area contributed by atoms with Gasteiger partial charge in [0.1, 0.15) is 17.9 Å². The number of aromatic amines is 1. The maximum Gasteiger partial charge on any atom is 0.330 e. The van der Waals surface area contributed by atoms with E-state index in [-0.39, 0.29) is 12.8 Å². The Bertz CT molecular complexity index is 789. The predicted octanol–water partition coefficient (Wildman–Crippen LogP) is 0.0790. The Kier molecular flexibility index (Phi) is 3.68. The van der Waals surface area contributed by atoms with Crippen LogP contribution in [0.4, 0.5) is 4.39 Å². The van der Waals surface area contributed by atoms with Crippen molar-refractivity contribution in [3.63, 3.8) is 0 Å². The molecule has 3 rings (SSSR count). The summed E-state index contributed by atoms with van der Waals surface area (Å²) in [5.41, 5.74) is -4.52. The summed E-state index contributed by atoms with van der Waals surface area (Å²) in [6.45, 7) is 1.60. The zero-order valence-electron chi connectivity index (χ0n) is 12.7. The average molecular weight is 348 g/mol. The van der Waals surface area contributed by atoms with Crippen molar-refractivity contribution in [3.8, 4) is 0 Å². The van der Waals surface area contributed by atoms with Crippen molar-refractivity contribution in [2.45, 2.75) is 24.4 Å². The van der Waals surface area contributed by atoms with E-state index in [1.165, 1.54) is 19.8 Å². The van der Waals surface area contributed by atoms with Crippen LogP contribution in [-0.2, 0) is 13.8 Å². The van der Waals surface area contributed by atoms with Crippen molar-refractivity contribution in [3.05, 3.63) is 33.1 Å². The Morgan fingerprint density at radius 1 is 1.57 bits per heavy atom. The molecule has 0 aromatic carbocycles. The third-order valence-electron chi connectivity index (χ3n) is 4.61. The maximum atomic E-state index is 13.7. The van der Waals surface area contributed by atoms with Crippen LogP contribution in [0.1, 0.15) is 13.2 Å². The normalized spacial score (nSPS) is 43.3. The van der Waals surface area contributed by atoms with Gasteiger partial charge in [0.05, 0.1) is 6.61 Å². The summed E-state index contributed by atoms with van der Waals surface area (Å²) in [5, 5.41) is 10.9. The Balaban J connectivity index is 2.09. The molecule has 10 heteroatoms. The van der Waals surface area contributed by atoms with Crippen molar-refractivity contribution in [2.75, 3.05) is 26.1 Å². The molecule has 23 heavy (non-hydrogen) atoms. The molecule has 0 aliphatic carbocycles. The van der Waals surface area contributed by atoms with Crippen LogP contribution in [0.2, 0.25) is 0 Å². The van der Waals surface area contributed by atoms with Gasteiger partial charge < -0.3 is 14.4 Å². The zero-order valence-corrected chi connectivity index (χ0v) is 13.6. The number of H-pyrrole nitrogens is 1. The summed E-state index contributed by atoms with van der Waals surface area (Å²) in [6.07, 6.45) is -0.108. The van der Waals surface area contributed by atoms with Crippen LogP contribution in [0.15, 0.2) is 21.9 Å². The van der Waals surface area contributed by atoms with Gasteiger partial charge in [-0.3, -0.25) is 18.9 Å². The SMILES string of the molecule is C[C@@]1(O)[C@@H]2CP(C)(=O)OC[C@@]2(CF)O[C@H]1n1ccc(=O)[nH]c1=O. The van der Waals surface area contributed by atoms with Gasteiger partial charge in [-0.05, 0) is 6.92 Å². The third kappa shape index (κ3) is 2.52. The van der Waals surface area contributed by atoms with Crippen LogP contribution in [0, 0.1) is 5.92 Å². The van der Waals surface area contributed by atoms with Crippen molar-refractivity contribution >= 4 is 7.37 Å². The quantitative estimate of drug-likeness (QED) is 0.733. The highest BCUT2D eigenvalue weighted by molar-refractivity contribution is 7.58. The standard InChI is InChI=1S/C13H18FN2O6P/c1-12(19)8-5-23(2,20)21-7-13(8,6-14)22-10(12)16-4-3-9(17)15-11(16)18/h3-4,8,10,19H,5-7H2,1-2H3,(H,15,17,18)/t8-,10+,12+,13+,23?/m0/s1. The predicted molar refractivity (Wildman–Crippen MR) is 78.6 cm³/mol. The number of aliphatic hydroxyl groups is 1. The van der Waals surface area contributed by atoms with Crippen LogP contribution in [0.25, 0.3) is 0 Å². The van der Waals surface area contributed by atoms with Gasteiger partial charge in [0.15, 0.2) is 6.23 Å². The summed E-state index contributed by atoms with van der Waals surface area (Å²) in [5.74, 6) is -0.812. The lowest BCUT2D eigenvalue weighted by Crippen LogP contribution is -2.52. The van der Waals surface area contributed by atoms with E-state index in [0.29, 0.717) is 0 Å². The minimum absolute atomic E-state index is 0.0570. The van der Waals surface area contributed by atoms with Crippen molar-refractivity contribution in [1.82, 2.24) is 9.55 Å². The topological polar surface area (TPSA) is 111 Å². The van der Waals surface area contributed by atoms with Crippen LogP contribution in [0.3, 0.4) is 0 Å². The highest BCUT2D eigenvalue weighted by atomic mass is 31.2. The molecule has 2 aliphatic rings. The average Bonchev–Trinajstić information content (AvgIpc) is 2.68. The lowest BCUT2D eigenvalue weighted by Gasteiger charge is -2.40. The summed E-state index contributed by atoms with van der Waals surface area (Å²) < 4.78 is 37.9. The number of aromatic nitrogens is 2. The summed E-state index contributed by atoms with van der Waals surface area (Å²) in [7, 11) is -2.98. The molecule has 8 nitrogen and oxygen atoms in total. The Morgan fingerprint density at radius 2 is 2.26 bits per heavy atom. The summed E-state index contributed by atoms with van der Waals surface area (Å²) in [6, 6.07) is 1.10. The molecule has 1 unspecified atom stereocenters. The van der Waals surface area contributed by atoms with E-state index >= 15 is 0 Å². The van der Waals surface area contributed by atoms with Crippen molar-refractivity contribution in [1.29, 1.82) is 0 Å². The number of hydrogen-bond donors (Lipinski definition) is 2. The second kappa shape index (κ2) is 5.11. The molecule has 2 fully saturated rings. The van der Waals surface area contributed by atoms with Crippen molar-refractivity contribution < 1.29 is 23.3 Å². The monoisotopic (exact) mass is 348 g/mol. The molecule has 0 radical (unpaired) electrons. The van der Waals surface area contributed by atoms with E-state index in [1.807, 2.05) is 0 Å². The van der Waals surface area contributed by atoms with Crippen LogP contribution >= 0.6 is 7.37 Å². The Hall–Kier alpha value is -1.28. The van der Waals surface area contributed by atoms with Gasteiger partial charge in [0.25, 0.3) is 5.56 Å². The number of ether oxygens (including phenoxy) is 1. The smallest absolute Gasteiger partial charge is 0.330 e. The van der Waals surface area contributed by atoms with Gasteiger partial charge in [-0.15, -0.1) is 0 Å². The molecule has 0 spiro atoms. The first-order valence-electron chi connectivity index (χ1n) is 7.10. The van der Waals surface area contributed by atoms with Gasteiger partial charge in [-0.1, -0.05) is 0 Å². The van der Waals surface area contributed by atoms with Gasteiger partial charge in [-0.2, -0.15) is 0 Å². The second-order valence-electron chi connectivity index (χ2n) is 6.43. The van der Waals surface area contributed by atoms with E-state index < -0.39 is 48.6 Å². The first kappa shape index (κ1) is 16.6. The number of nitrogens with one attached hydrogen (secondary N) is 1. The molecule has 2 N–H and O–H groups in total. The molecular formula is C13H18FN2O6P. The molecule has 2 aliphatic heterocycles. The van der Waals surface area contributed by atoms with E-state index in [9.17, 15) is 23.7 Å². The van der Waals surface area contributed by atoms with E-state index in [0.717, 1.165) is 10.6 Å². The number of rotatable bonds is 2. The molecular weight excluding hydrogens is 330 g/mol. The second-order valence-corrected chi connectivity index (χ2v) is 9.09. The highest BCUT2D eigenvalue weighted by Gasteiger charge is 2.65. The number of nitrogens with zero attached hydrogens (tertiary/aromatic N) is 1. The number of fused-ring (bicyclic) bond motifs is 1. The van der Waals surface area contributed by atoms with Gasteiger partial charge in [0, 0.05) is 31.0 Å². The minimum Gasteiger partial charge on any atom is -0.385 e. The highest BCUT2D eigenvalue weighted by Crippen LogP contribution is 2.60. The zero-order chi connectivity index (χ0) is 17.0. The van der Waals surface area contributed by atoms with Crippen LogP contribution < -0.4 is 11.2 Å². The largest absolute Gasteiger partial charge is 0.385 e. The lowest BCUT2D eigenvalue weighted by atomic mass is 9.80. The first-order chi connectivity index (χ1) is 10.6. The van der Waals surface area contributed by atoms with Crippen LogP contribution in [0.5, 0.6) is 0 Å². The molecule has 2 saturated heterocycles. The molecule has 1 aromatic rings. The molecule has 0 bridgehead atoms. The van der Waals surface area contributed by atoms with E-state index in [1.54, 1.807) is 0 Å². The fraction of sp³-hybridized carbons (Fsp3) is 0.692. The van der Waals surface area contributed by atoms with Crippen molar-refractivity contribution in [2.24, 2.45) is 5.92 Å². The van der Waals surface area contributed by atoms with Gasteiger partial charge in [0.2, 0.25) is 7.37 Å². The Labute approximate surface area is 130 Å². The number of hydrogen-bond acceptors (Lipinski definition) is 6. The van der Waals surface area contributed by atoms with Gasteiger partial charge >= 0.3 is 5.69 Å². The summed E-state index contributed by atoms with van der Waals surface area (Å²) in [4.78, 5) is 25.2. The molecule has 0 amide bonds. The minimum atomic E-state index is -2.98. The first-order valence-corrected chi connectivity index (χ1v) is 9.36. The van der Waals surface area contributed by atoms with Gasteiger partial charge in [-0.25, -0.2) is 9.18 Å². The number of halogens is 1. The molecule has 3 heterocycles. The fourth-order valence-corrected chi connectivity index (χ4v) is 5.32. The molecule has 1 aromatic heterocycles. The third-order valence-corrected chi connectivity index (χ3v) is 6.32. The van der Waals surface area contributed by atoms with Crippen LogP contribution in [-0.4, -0.2) is 52.0 Å². The number of alkyl halides is 1. The molecule has 128 valence electrons. The van der Waals surface area contributed by atoms with E-state index in [2.05, 4.69) is 4.98 Å². The molecule has 0 saturated carbocycles. The fourth-order valence-electron chi connectivity index (χ4n) is 3.36. The maximum absolute atomic E-state index is 13.7. The lowest BCUT2D eigenvalue weighted by molar-refractivity contribution is -0.132. The molecule has 5 atom stereocenters.